The molecule has 0 radical (unpaired) electrons. The quantitative estimate of drug-likeness (QED) is 0.783. The Balaban J connectivity index is 2.31. The number of benzene rings is 1. The van der Waals surface area contributed by atoms with Crippen molar-refractivity contribution in [3.63, 3.8) is 0 Å². The summed E-state index contributed by atoms with van der Waals surface area (Å²) in [5.74, 6) is 3.28. The van der Waals surface area contributed by atoms with Crippen molar-refractivity contribution in [3.8, 4) is 0 Å². The molecule has 2 nitrogen and oxygen atoms in total. The molecule has 0 spiro atoms. The van der Waals surface area contributed by atoms with E-state index < -0.39 is 0 Å². The minimum absolute atomic E-state index is 0.913. The third-order valence-electron chi connectivity index (χ3n) is 2.75. The van der Waals surface area contributed by atoms with Gasteiger partial charge in [0.25, 0.3) is 0 Å². The molecule has 1 aromatic carbocycles. The van der Waals surface area contributed by atoms with Crippen molar-refractivity contribution >= 4 is 28.5 Å². The van der Waals surface area contributed by atoms with E-state index in [9.17, 15) is 0 Å². The van der Waals surface area contributed by atoms with E-state index in [1.165, 1.54) is 23.1 Å². The molecular weight excluding hydrogens is 240 g/mol. The zero-order valence-electron chi connectivity index (χ0n) is 11.1. The van der Waals surface area contributed by atoms with Crippen molar-refractivity contribution in [1.29, 1.82) is 0 Å². The molecule has 0 saturated heterocycles. The second kappa shape index (κ2) is 6.64. The van der Waals surface area contributed by atoms with E-state index in [0.717, 1.165) is 23.6 Å². The predicted molar refractivity (Wildman–Crippen MR) is 82.4 cm³/mol. The molecule has 18 heavy (non-hydrogen) atoms. The molecule has 0 unspecified atom stereocenters. The van der Waals surface area contributed by atoms with Gasteiger partial charge in [0, 0.05) is 23.2 Å². The Kier molecular flexibility index (Phi) is 4.88. The smallest absolute Gasteiger partial charge is 0.130 e. The molecule has 0 saturated carbocycles. The zero-order chi connectivity index (χ0) is 12.8. The van der Waals surface area contributed by atoms with Crippen molar-refractivity contribution in [3.05, 3.63) is 35.9 Å². The van der Waals surface area contributed by atoms with Crippen LogP contribution in [0.5, 0.6) is 0 Å². The van der Waals surface area contributed by atoms with Crippen LogP contribution in [0.3, 0.4) is 0 Å². The molecule has 0 fully saturated rings. The Morgan fingerprint density at radius 2 is 2.06 bits per heavy atom. The van der Waals surface area contributed by atoms with Crippen molar-refractivity contribution in [2.24, 2.45) is 0 Å². The van der Waals surface area contributed by atoms with Gasteiger partial charge in [0.2, 0.25) is 0 Å². The van der Waals surface area contributed by atoms with Gasteiger partial charge in [0.1, 0.15) is 5.82 Å². The standard InChI is InChI=1S/C15H20N2S/c1-3-9-18-11-13-10-12-7-5-6-8-14(12)17-15(13)16-4-2/h5-8,10H,3-4,9,11H2,1-2H3,(H,16,17). The van der Waals surface area contributed by atoms with Gasteiger partial charge in [-0.15, -0.1) is 0 Å². The highest BCUT2D eigenvalue weighted by Crippen LogP contribution is 2.24. The SMILES string of the molecule is CCCSCc1cc2ccccc2nc1NCC. The van der Waals surface area contributed by atoms with Crippen LogP contribution in [0.1, 0.15) is 25.8 Å². The summed E-state index contributed by atoms with van der Waals surface area (Å²) in [6.07, 6.45) is 1.22. The molecular formula is C15H20N2S. The van der Waals surface area contributed by atoms with Gasteiger partial charge in [-0.2, -0.15) is 11.8 Å². The van der Waals surface area contributed by atoms with E-state index >= 15 is 0 Å². The Hall–Kier alpha value is -1.22. The molecule has 0 bridgehead atoms. The lowest BCUT2D eigenvalue weighted by Gasteiger charge is -2.11. The number of rotatable bonds is 6. The maximum atomic E-state index is 4.72. The van der Waals surface area contributed by atoms with Gasteiger partial charge in [0.05, 0.1) is 5.52 Å². The number of hydrogen-bond acceptors (Lipinski definition) is 3. The Bertz CT molecular complexity index is 511. The molecule has 0 aliphatic carbocycles. The van der Waals surface area contributed by atoms with E-state index in [4.69, 9.17) is 4.98 Å². The highest BCUT2D eigenvalue weighted by atomic mass is 32.2. The van der Waals surface area contributed by atoms with Gasteiger partial charge in [-0.25, -0.2) is 4.98 Å². The maximum Gasteiger partial charge on any atom is 0.130 e. The molecule has 2 aromatic rings. The van der Waals surface area contributed by atoms with Crippen molar-refractivity contribution < 1.29 is 0 Å². The first-order chi connectivity index (χ1) is 8.85. The number of nitrogens with zero attached hydrogens (tertiary/aromatic N) is 1. The second-order valence-corrected chi connectivity index (χ2v) is 5.38. The van der Waals surface area contributed by atoms with Crippen molar-refractivity contribution in [2.75, 3.05) is 17.6 Å². The molecule has 1 aromatic heterocycles. The summed E-state index contributed by atoms with van der Waals surface area (Å²) < 4.78 is 0. The van der Waals surface area contributed by atoms with Crippen molar-refractivity contribution in [1.82, 2.24) is 4.98 Å². The fourth-order valence-corrected chi connectivity index (χ4v) is 2.79. The molecule has 1 heterocycles. The van der Waals surface area contributed by atoms with E-state index in [-0.39, 0.29) is 0 Å². The lowest BCUT2D eigenvalue weighted by molar-refractivity contribution is 1.10. The van der Waals surface area contributed by atoms with E-state index in [0.29, 0.717) is 0 Å². The third-order valence-corrected chi connectivity index (χ3v) is 3.97. The average molecular weight is 260 g/mol. The van der Waals surface area contributed by atoms with E-state index in [1.807, 2.05) is 17.8 Å². The first-order valence-corrected chi connectivity index (χ1v) is 7.71. The summed E-state index contributed by atoms with van der Waals surface area (Å²) in [5, 5.41) is 4.60. The number of fused-ring (bicyclic) bond motifs is 1. The fourth-order valence-electron chi connectivity index (χ4n) is 1.92. The maximum absolute atomic E-state index is 4.72. The normalized spacial score (nSPS) is 10.8. The summed E-state index contributed by atoms with van der Waals surface area (Å²) >= 11 is 1.97. The molecule has 3 heteroatoms. The molecule has 96 valence electrons. The first kappa shape index (κ1) is 13.2. The van der Waals surface area contributed by atoms with Crippen LogP contribution in [-0.2, 0) is 5.75 Å². The third kappa shape index (κ3) is 3.16. The van der Waals surface area contributed by atoms with E-state index in [2.05, 4.69) is 43.4 Å². The zero-order valence-corrected chi connectivity index (χ0v) is 11.9. The van der Waals surface area contributed by atoms with Crippen LogP contribution in [0.15, 0.2) is 30.3 Å². The predicted octanol–water partition coefficient (Wildman–Crippen LogP) is 4.31. The molecule has 0 atom stereocenters. The van der Waals surface area contributed by atoms with Crippen LogP contribution >= 0.6 is 11.8 Å². The first-order valence-electron chi connectivity index (χ1n) is 6.55. The summed E-state index contributed by atoms with van der Waals surface area (Å²) in [7, 11) is 0. The average Bonchev–Trinajstić information content (AvgIpc) is 2.40. The van der Waals surface area contributed by atoms with Crippen LogP contribution in [0, 0.1) is 0 Å². The van der Waals surface area contributed by atoms with Crippen LogP contribution < -0.4 is 5.32 Å². The topological polar surface area (TPSA) is 24.9 Å². The minimum Gasteiger partial charge on any atom is -0.370 e. The van der Waals surface area contributed by atoms with E-state index in [1.54, 1.807) is 0 Å². The largest absolute Gasteiger partial charge is 0.370 e. The fraction of sp³-hybridized carbons (Fsp3) is 0.400. The number of anilines is 1. The van der Waals surface area contributed by atoms with Crippen LogP contribution in [0.2, 0.25) is 0 Å². The molecule has 1 N–H and O–H groups in total. The monoisotopic (exact) mass is 260 g/mol. The molecule has 0 amide bonds. The lowest BCUT2D eigenvalue weighted by Crippen LogP contribution is -2.03. The molecule has 0 aliphatic heterocycles. The van der Waals surface area contributed by atoms with Gasteiger partial charge in [-0.05, 0) is 31.2 Å². The highest BCUT2D eigenvalue weighted by Gasteiger charge is 2.06. The molecule has 2 rings (SSSR count). The number of pyridine rings is 1. The lowest BCUT2D eigenvalue weighted by atomic mass is 10.1. The minimum atomic E-state index is 0.913. The van der Waals surface area contributed by atoms with Gasteiger partial charge in [-0.1, -0.05) is 25.1 Å². The van der Waals surface area contributed by atoms with Gasteiger partial charge in [-0.3, -0.25) is 0 Å². The Labute approximate surface area is 113 Å². The second-order valence-electron chi connectivity index (χ2n) is 4.27. The number of aromatic nitrogens is 1. The number of para-hydroxylation sites is 1. The van der Waals surface area contributed by atoms with Gasteiger partial charge >= 0.3 is 0 Å². The highest BCUT2D eigenvalue weighted by molar-refractivity contribution is 7.98. The summed E-state index contributed by atoms with van der Waals surface area (Å²) in [5.41, 5.74) is 2.38. The van der Waals surface area contributed by atoms with Crippen LogP contribution in [0.4, 0.5) is 5.82 Å². The number of nitrogens with one attached hydrogen (secondary N) is 1. The van der Waals surface area contributed by atoms with Crippen LogP contribution in [-0.4, -0.2) is 17.3 Å². The number of hydrogen-bond donors (Lipinski definition) is 1. The van der Waals surface area contributed by atoms with Gasteiger partial charge in [0.15, 0.2) is 0 Å². The summed E-state index contributed by atoms with van der Waals surface area (Å²) in [6.45, 7) is 5.24. The number of thioether (sulfide) groups is 1. The summed E-state index contributed by atoms with van der Waals surface area (Å²) in [6, 6.07) is 10.6. The Morgan fingerprint density at radius 3 is 2.83 bits per heavy atom. The van der Waals surface area contributed by atoms with Crippen molar-refractivity contribution in [2.45, 2.75) is 26.0 Å². The van der Waals surface area contributed by atoms with Gasteiger partial charge < -0.3 is 5.32 Å². The summed E-state index contributed by atoms with van der Waals surface area (Å²) in [4.78, 5) is 4.72. The van der Waals surface area contributed by atoms with Crippen LogP contribution in [0.25, 0.3) is 10.9 Å². The Morgan fingerprint density at radius 1 is 1.22 bits per heavy atom. The molecule has 0 aliphatic rings.